The number of ether oxygens (including phenoxy) is 2. The van der Waals surface area contributed by atoms with Crippen LogP contribution in [0.25, 0.3) is 0 Å². The first kappa shape index (κ1) is 18.2. The molecule has 0 bridgehead atoms. The van der Waals surface area contributed by atoms with Crippen LogP contribution in [0.4, 0.5) is 0 Å². The first-order valence-electron chi connectivity index (χ1n) is 9.89. The van der Waals surface area contributed by atoms with E-state index < -0.39 is 0 Å². The Morgan fingerprint density at radius 1 is 1.12 bits per heavy atom. The van der Waals surface area contributed by atoms with Crippen LogP contribution in [-0.2, 0) is 14.3 Å². The molecular formula is C19H34N2O3. The molecule has 24 heavy (non-hydrogen) atoms. The highest BCUT2D eigenvalue weighted by Crippen LogP contribution is 2.26. The van der Waals surface area contributed by atoms with Gasteiger partial charge in [-0.1, -0.05) is 19.3 Å². The summed E-state index contributed by atoms with van der Waals surface area (Å²) in [6, 6.07) is 0.482. The van der Waals surface area contributed by atoms with Crippen molar-refractivity contribution in [2.75, 3.05) is 46.5 Å². The highest BCUT2D eigenvalue weighted by Gasteiger charge is 2.28. The molecule has 2 heterocycles. The smallest absolute Gasteiger partial charge is 0.222 e. The molecule has 0 aromatic carbocycles. The summed E-state index contributed by atoms with van der Waals surface area (Å²) >= 11 is 0. The lowest BCUT2D eigenvalue weighted by Crippen LogP contribution is -2.43. The molecule has 0 N–H and O–H groups in total. The highest BCUT2D eigenvalue weighted by molar-refractivity contribution is 5.76. The van der Waals surface area contributed by atoms with Gasteiger partial charge in [-0.05, 0) is 38.6 Å². The fourth-order valence-corrected chi connectivity index (χ4v) is 4.45. The fraction of sp³-hybridized carbons (Fsp3) is 0.947. The second-order valence-corrected chi connectivity index (χ2v) is 7.83. The van der Waals surface area contributed by atoms with Gasteiger partial charge in [0.2, 0.25) is 5.91 Å². The summed E-state index contributed by atoms with van der Waals surface area (Å²) in [5, 5.41) is 0. The topological polar surface area (TPSA) is 42.0 Å². The number of hydrogen-bond donors (Lipinski definition) is 0. The molecule has 1 saturated carbocycles. The molecule has 0 aromatic rings. The summed E-state index contributed by atoms with van der Waals surface area (Å²) < 4.78 is 11.3. The zero-order chi connectivity index (χ0) is 16.8. The average molecular weight is 338 g/mol. The second-order valence-electron chi connectivity index (χ2n) is 7.83. The Kier molecular flexibility index (Phi) is 6.93. The van der Waals surface area contributed by atoms with E-state index in [1.54, 1.807) is 0 Å². The summed E-state index contributed by atoms with van der Waals surface area (Å²) in [5.41, 5.74) is 0. The molecule has 2 atom stereocenters. The molecule has 5 heteroatoms. The molecule has 0 spiro atoms. The number of carbonyl (C=O) groups is 1. The van der Waals surface area contributed by atoms with E-state index in [2.05, 4.69) is 16.8 Å². The number of likely N-dealkylation sites (N-methyl/N-ethyl adjacent to an activating group) is 1. The van der Waals surface area contributed by atoms with Crippen LogP contribution in [0.5, 0.6) is 0 Å². The summed E-state index contributed by atoms with van der Waals surface area (Å²) in [7, 11) is 2.17. The third-order valence-corrected chi connectivity index (χ3v) is 5.98. The molecule has 3 rings (SSSR count). The summed E-state index contributed by atoms with van der Waals surface area (Å²) in [6.07, 6.45) is 9.64. The van der Waals surface area contributed by atoms with E-state index in [4.69, 9.17) is 9.47 Å². The van der Waals surface area contributed by atoms with Crippen molar-refractivity contribution in [1.29, 1.82) is 0 Å². The Morgan fingerprint density at radius 3 is 2.71 bits per heavy atom. The standard InChI is InChI=1S/C19H34N2O3/c1-20(14-18-15-23-11-12-24-18)17-7-8-19(22)21(10-9-17)13-16-5-3-2-4-6-16/h16-18H,2-15H2,1H3/t17-,18-/m0/s1. The van der Waals surface area contributed by atoms with Crippen LogP contribution in [0.3, 0.4) is 0 Å². The van der Waals surface area contributed by atoms with Crippen molar-refractivity contribution in [2.24, 2.45) is 5.92 Å². The predicted molar refractivity (Wildman–Crippen MR) is 94.0 cm³/mol. The predicted octanol–water partition coefficient (Wildman–Crippen LogP) is 2.29. The summed E-state index contributed by atoms with van der Waals surface area (Å²) in [6.45, 7) is 4.94. The van der Waals surface area contributed by atoms with E-state index in [1.807, 2.05) is 0 Å². The van der Waals surface area contributed by atoms with Gasteiger partial charge in [0.25, 0.3) is 0 Å². The molecule has 3 fully saturated rings. The van der Waals surface area contributed by atoms with Gasteiger partial charge in [-0.15, -0.1) is 0 Å². The van der Waals surface area contributed by atoms with E-state index in [9.17, 15) is 4.79 Å². The van der Waals surface area contributed by atoms with E-state index in [0.29, 0.717) is 38.2 Å². The maximum atomic E-state index is 12.5. The van der Waals surface area contributed by atoms with Crippen LogP contribution < -0.4 is 0 Å². The van der Waals surface area contributed by atoms with Crippen LogP contribution in [-0.4, -0.2) is 74.4 Å². The Labute approximate surface area is 146 Å². The Hall–Kier alpha value is -0.650. The van der Waals surface area contributed by atoms with Gasteiger partial charge < -0.3 is 19.3 Å². The molecule has 1 aliphatic carbocycles. The van der Waals surface area contributed by atoms with Crippen molar-refractivity contribution in [1.82, 2.24) is 9.80 Å². The fourth-order valence-electron chi connectivity index (χ4n) is 4.45. The van der Waals surface area contributed by atoms with Crippen molar-refractivity contribution >= 4 is 5.91 Å². The van der Waals surface area contributed by atoms with Crippen LogP contribution in [0, 0.1) is 5.92 Å². The molecule has 3 aliphatic rings. The largest absolute Gasteiger partial charge is 0.376 e. The second kappa shape index (κ2) is 9.16. The SMILES string of the molecule is CN(C[C@H]1COCCO1)[C@H]1CCC(=O)N(CC2CCCCC2)CC1. The first-order valence-corrected chi connectivity index (χ1v) is 9.89. The molecule has 138 valence electrons. The van der Waals surface area contributed by atoms with Crippen molar-refractivity contribution < 1.29 is 14.3 Å². The molecule has 2 aliphatic heterocycles. The van der Waals surface area contributed by atoms with Crippen molar-refractivity contribution in [3.05, 3.63) is 0 Å². The van der Waals surface area contributed by atoms with Crippen molar-refractivity contribution in [3.8, 4) is 0 Å². The van der Waals surface area contributed by atoms with E-state index in [-0.39, 0.29) is 6.10 Å². The molecule has 5 nitrogen and oxygen atoms in total. The number of likely N-dealkylation sites (tertiary alicyclic amines) is 1. The van der Waals surface area contributed by atoms with Gasteiger partial charge in [0.05, 0.1) is 25.9 Å². The number of rotatable bonds is 5. The minimum atomic E-state index is 0.182. The maximum absolute atomic E-state index is 12.5. The molecular weight excluding hydrogens is 304 g/mol. The zero-order valence-electron chi connectivity index (χ0n) is 15.3. The number of amides is 1. The minimum Gasteiger partial charge on any atom is -0.376 e. The average Bonchev–Trinajstić information content (AvgIpc) is 2.79. The molecule has 0 aromatic heterocycles. The number of hydrogen-bond acceptors (Lipinski definition) is 4. The normalized spacial score (nSPS) is 30.6. The van der Waals surface area contributed by atoms with E-state index >= 15 is 0 Å². The van der Waals surface area contributed by atoms with Gasteiger partial charge in [0.15, 0.2) is 0 Å². The van der Waals surface area contributed by atoms with Crippen LogP contribution in [0.15, 0.2) is 0 Å². The molecule has 0 radical (unpaired) electrons. The Morgan fingerprint density at radius 2 is 1.96 bits per heavy atom. The number of nitrogens with zero attached hydrogens (tertiary/aromatic N) is 2. The van der Waals surface area contributed by atoms with Gasteiger partial charge in [-0.2, -0.15) is 0 Å². The van der Waals surface area contributed by atoms with Crippen molar-refractivity contribution in [2.45, 2.75) is 63.5 Å². The lowest BCUT2D eigenvalue weighted by molar-refractivity contribution is -0.131. The van der Waals surface area contributed by atoms with E-state index in [1.165, 1.54) is 32.1 Å². The molecule has 2 saturated heterocycles. The lowest BCUT2D eigenvalue weighted by atomic mass is 9.89. The van der Waals surface area contributed by atoms with E-state index in [0.717, 1.165) is 38.4 Å². The Bertz CT molecular complexity index is 392. The summed E-state index contributed by atoms with van der Waals surface area (Å²) in [4.78, 5) is 17.1. The summed E-state index contributed by atoms with van der Waals surface area (Å²) in [5.74, 6) is 1.11. The third kappa shape index (κ3) is 5.17. The minimum absolute atomic E-state index is 0.182. The maximum Gasteiger partial charge on any atom is 0.222 e. The molecule has 1 amide bonds. The van der Waals surface area contributed by atoms with Gasteiger partial charge >= 0.3 is 0 Å². The quantitative estimate of drug-likeness (QED) is 0.771. The van der Waals surface area contributed by atoms with Crippen LogP contribution in [0.1, 0.15) is 51.4 Å². The van der Waals surface area contributed by atoms with Crippen LogP contribution in [0.2, 0.25) is 0 Å². The van der Waals surface area contributed by atoms with Gasteiger partial charge in [0.1, 0.15) is 0 Å². The third-order valence-electron chi connectivity index (χ3n) is 5.98. The first-order chi connectivity index (χ1) is 11.7. The van der Waals surface area contributed by atoms with Crippen LogP contribution >= 0.6 is 0 Å². The lowest BCUT2D eigenvalue weighted by Gasteiger charge is -2.32. The monoisotopic (exact) mass is 338 g/mol. The Balaban J connectivity index is 1.46. The van der Waals surface area contributed by atoms with Crippen molar-refractivity contribution in [3.63, 3.8) is 0 Å². The highest BCUT2D eigenvalue weighted by atomic mass is 16.6. The van der Waals surface area contributed by atoms with Gasteiger partial charge in [-0.3, -0.25) is 4.79 Å². The zero-order valence-corrected chi connectivity index (χ0v) is 15.3. The van der Waals surface area contributed by atoms with Gasteiger partial charge in [0, 0.05) is 32.1 Å². The van der Waals surface area contributed by atoms with Gasteiger partial charge in [-0.25, -0.2) is 0 Å². The number of carbonyl (C=O) groups excluding carboxylic acids is 1. The molecule has 0 unspecified atom stereocenters.